The molecule has 1 aromatic rings. The highest BCUT2D eigenvalue weighted by Crippen LogP contribution is 2.32. The fraction of sp³-hybridized carbons (Fsp3) is 0.600. The van der Waals surface area contributed by atoms with Crippen molar-refractivity contribution in [2.75, 3.05) is 11.5 Å². The summed E-state index contributed by atoms with van der Waals surface area (Å²) in [5.41, 5.74) is 0. The molecular weight excluding hydrogens is 368 g/mol. The van der Waals surface area contributed by atoms with Gasteiger partial charge in [0.25, 0.3) is 0 Å². The van der Waals surface area contributed by atoms with E-state index >= 15 is 0 Å². The molecule has 0 aromatic heterocycles. The minimum atomic E-state index is -0.727. The molecule has 26 heavy (non-hydrogen) atoms. The molecule has 0 heterocycles. The summed E-state index contributed by atoms with van der Waals surface area (Å²) in [5, 5.41) is 17.3. The lowest BCUT2D eigenvalue weighted by molar-refractivity contribution is -0.138. The molecule has 0 aliphatic carbocycles. The molecule has 0 fully saturated rings. The van der Waals surface area contributed by atoms with E-state index in [1.165, 1.54) is 35.5 Å². The van der Waals surface area contributed by atoms with Crippen LogP contribution >= 0.6 is 23.5 Å². The van der Waals surface area contributed by atoms with E-state index in [-0.39, 0.29) is 6.42 Å². The number of carbonyl (C=O) groups is 2. The number of unbranched alkanes of at least 4 members (excludes halogenated alkanes) is 6. The molecule has 6 heteroatoms. The van der Waals surface area contributed by atoms with Crippen molar-refractivity contribution in [1.29, 1.82) is 0 Å². The van der Waals surface area contributed by atoms with Gasteiger partial charge in [0, 0.05) is 22.6 Å². The van der Waals surface area contributed by atoms with Crippen LogP contribution in [-0.4, -0.2) is 33.7 Å². The van der Waals surface area contributed by atoms with Gasteiger partial charge >= 0.3 is 11.9 Å². The Hall–Kier alpha value is -1.14. The number of hydrogen-bond donors (Lipinski definition) is 2. The van der Waals surface area contributed by atoms with E-state index in [9.17, 15) is 9.59 Å². The molecule has 146 valence electrons. The first-order valence-electron chi connectivity index (χ1n) is 9.38. The van der Waals surface area contributed by atoms with E-state index in [1.807, 2.05) is 17.8 Å². The van der Waals surface area contributed by atoms with Gasteiger partial charge in [0.05, 0.1) is 0 Å². The molecule has 0 aliphatic rings. The third-order valence-electron chi connectivity index (χ3n) is 3.93. The minimum Gasteiger partial charge on any atom is -0.481 e. The zero-order valence-corrected chi connectivity index (χ0v) is 17.0. The second-order valence-electron chi connectivity index (χ2n) is 6.26. The van der Waals surface area contributed by atoms with Crippen LogP contribution in [0.5, 0.6) is 0 Å². The summed E-state index contributed by atoms with van der Waals surface area (Å²) < 4.78 is 0. The highest BCUT2D eigenvalue weighted by atomic mass is 32.2. The highest BCUT2D eigenvalue weighted by Gasteiger charge is 2.04. The summed E-state index contributed by atoms with van der Waals surface area (Å²) >= 11 is 3.63. The van der Waals surface area contributed by atoms with Crippen LogP contribution in [0.1, 0.15) is 64.2 Å². The summed E-state index contributed by atoms with van der Waals surface area (Å²) in [4.78, 5) is 23.5. The van der Waals surface area contributed by atoms with E-state index < -0.39 is 11.9 Å². The zero-order valence-electron chi connectivity index (χ0n) is 15.3. The van der Waals surface area contributed by atoms with Gasteiger partial charge in [0.15, 0.2) is 0 Å². The molecule has 1 rings (SSSR count). The number of rotatable bonds is 16. The Bertz CT molecular complexity index is 534. The van der Waals surface area contributed by atoms with Crippen molar-refractivity contribution in [1.82, 2.24) is 0 Å². The Labute approximate surface area is 165 Å². The fourth-order valence-electron chi connectivity index (χ4n) is 2.54. The van der Waals surface area contributed by atoms with Gasteiger partial charge < -0.3 is 10.2 Å². The SMILES string of the molecule is O=C(O)CCCCCCCCCSc1ccccc1SCCCC(=O)O. The quantitative estimate of drug-likeness (QED) is 0.265. The maximum atomic E-state index is 10.6. The van der Waals surface area contributed by atoms with E-state index in [1.54, 1.807) is 11.8 Å². The third kappa shape index (κ3) is 12.3. The van der Waals surface area contributed by atoms with Crippen LogP contribution in [0.3, 0.4) is 0 Å². The van der Waals surface area contributed by atoms with Crippen molar-refractivity contribution in [3.05, 3.63) is 24.3 Å². The van der Waals surface area contributed by atoms with Gasteiger partial charge in [-0.3, -0.25) is 9.59 Å². The maximum Gasteiger partial charge on any atom is 0.303 e. The number of carboxylic acids is 2. The normalized spacial score (nSPS) is 10.8. The predicted molar refractivity (Wildman–Crippen MR) is 109 cm³/mol. The second kappa shape index (κ2) is 15.0. The first-order valence-corrected chi connectivity index (χ1v) is 11.3. The summed E-state index contributed by atoms with van der Waals surface area (Å²) in [6.07, 6.45) is 9.02. The fourth-order valence-corrected chi connectivity index (χ4v) is 4.74. The minimum absolute atomic E-state index is 0.235. The highest BCUT2D eigenvalue weighted by molar-refractivity contribution is 8.02. The maximum absolute atomic E-state index is 10.6. The molecule has 0 saturated carbocycles. The molecule has 2 N–H and O–H groups in total. The van der Waals surface area contributed by atoms with Gasteiger partial charge in [0.1, 0.15) is 0 Å². The van der Waals surface area contributed by atoms with Crippen LogP contribution in [-0.2, 0) is 9.59 Å². The summed E-state index contributed by atoms with van der Waals surface area (Å²) in [6, 6.07) is 8.35. The topological polar surface area (TPSA) is 74.6 Å². The standard InChI is InChI=1S/C20H30O4S2/c21-19(22)13-6-4-2-1-3-5-9-15-25-17-11-7-8-12-18(17)26-16-10-14-20(23)24/h7-8,11-12H,1-6,9-10,13-16H2,(H,21,22)(H,23,24). The van der Waals surface area contributed by atoms with Crippen molar-refractivity contribution < 1.29 is 19.8 Å². The van der Waals surface area contributed by atoms with Crippen molar-refractivity contribution in [2.45, 2.75) is 74.0 Å². The number of aliphatic carboxylic acids is 2. The summed E-state index contributed by atoms with van der Waals surface area (Å²) in [5.74, 6) is 0.523. The molecule has 0 radical (unpaired) electrons. The van der Waals surface area contributed by atoms with Crippen LogP contribution in [0, 0.1) is 0 Å². The number of benzene rings is 1. The van der Waals surface area contributed by atoms with E-state index in [2.05, 4.69) is 18.2 Å². The molecule has 4 nitrogen and oxygen atoms in total. The van der Waals surface area contributed by atoms with E-state index in [0.717, 1.165) is 30.8 Å². The lowest BCUT2D eigenvalue weighted by Crippen LogP contribution is -1.95. The van der Waals surface area contributed by atoms with Crippen molar-refractivity contribution in [3.63, 3.8) is 0 Å². The predicted octanol–water partition coefficient (Wildman–Crippen LogP) is 5.94. The average molecular weight is 399 g/mol. The number of hydrogen-bond acceptors (Lipinski definition) is 4. The van der Waals surface area contributed by atoms with Crippen LogP contribution in [0.25, 0.3) is 0 Å². The largest absolute Gasteiger partial charge is 0.481 e. The van der Waals surface area contributed by atoms with Crippen molar-refractivity contribution in [3.8, 4) is 0 Å². The van der Waals surface area contributed by atoms with Gasteiger partial charge in [-0.2, -0.15) is 0 Å². The van der Waals surface area contributed by atoms with Crippen LogP contribution in [0.4, 0.5) is 0 Å². The molecule has 0 spiro atoms. The molecule has 0 aliphatic heterocycles. The molecule has 0 bridgehead atoms. The molecule has 0 amide bonds. The Morgan fingerprint density at radius 2 is 1.08 bits per heavy atom. The molecule has 0 unspecified atom stereocenters. The first-order chi connectivity index (χ1) is 12.6. The number of carboxylic acid groups (broad SMARTS) is 2. The molecule has 0 saturated heterocycles. The van der Waals surface area contributed by atoms with Crippen LogP contribution < -0.4 is 0 Å². The van der Waals surface area contributed by atoms with Gasteiger partial charge in [-0.25, -0.2) is 0 Å². The van der Waals surface area contributed by atoms with Crippen LogP contribution in [0.2, 0.25) is 0 Å². The van der Waals surface area contributed by atoms with Gasteiger partial charge in [0.2, 0.25) is 0 Å². The summed E-state index contributed by atoms with van der Waals surface area (Å²) in [6.45, 7) is 0. The van der Waals surface area contributed by atoms with E-state index in [4.69, 9.17) is 10.2 Å². The van der Waals surface area contributed by atoms with Gasteiger partial charge in [-0.15, -0.1) is 23.5 Å². The molecule has 0 atom stereocenters. The lowest BCUT2D eigenvalue weighted by Gasteiger charge is -2.08. The first kappa shape index (κ1) is 22.9. The molecular formula is C20H30O4S2. The van der Waals surface area contributed by atoms with Crippen LogP contribution in [0.15, 0.2) is 34.1 Å². The van der Waals surface area contributed by atoms with Gasteiger partial charge in [-0.05, 0) is 42.9 Å². The second-order valence-corrected chi connectivity index (χ2v) is 8.53. The zero-order chi connectivity index (χ0) is 19.0. The Morgan fingerprint density at radius 3 is 1.62 bits per heavy atom. The smallest absolute Gasteiger partial charge is 0.303 e. The Morgan fingerprint density at radius 1 is 0.654 bits per heavy atom. The molecule has 1 aromatic carbocycles. The average Bonchev–Trinajstić information content (AvgIpc) is 2.61. The van der Waals surface area contributed by atoms with Gasteiger partial charge in [-0.1, -0.05) is 44.2 Å². The lowest BCUT2D eigenvalue weighted by atomic mass is 10.1. The van der Waals surface area contributed by atoms with Crippen molar-refractivity contribution in [2.24, 2.45) is 0 Å². The summed E-state index contributed by atoms with van der Waals surface area (Å²) in [7, 11) is 0. The van der Waals surface area contributed by atoms with Crippen molar-refractivity contribution >= 4 is 35.5 Å². The monoisotopic (exact) mass is 398 g/mol. The van der Waals surface area contributed by atoms with E-state index in [0.29, 0.717) is 12.8 Å². The Kier molecular flexibility index (Phi) is 13.2. The third-order valence-corrected chi connectivity index (χ3v) is 6.38. The Balaban J connectivity index is 2.09. The number of thioether (sulfide) groups is 2.